The minimum Gasteiger partial charge on any atom is -0.417 e. The maximum absolute atomic E-state index is 8.81. The summed E-state index contributed by atoms with van der Waals surface area (Å²) in [7, 11) is -8.10. The Balaban J connectivity index is 5.21. The van der Waals surface area contributed by atoms with E-state index in [4.69, 9.17) is 22.2 Å². The number of ether oxygens (including phenoxy) is 1. The van der Waals surface area contributed by atoms with Crippen molar-refractivity contribution >= 4 is 33.8 Å². The largest absolute Gasteiger partial charge is 0.469 e. The Labute approximate surface area is 147 Å². The van der Waals surface area contributed by atoms with E-state index < -0.39 is 33.8 Å². The highest BCUT2D eigenvalue weighted by molar-refractivity contribution is 6.90. The van der Waals surface area contributed by atoms with E-state index in [1.807, 2.05) is 0 Å². The molecule has 23 heavy (non-hydrogen) atoms. The molecule has 1 N–H and O–H groups in total. The van der Waals surface area contributed by atoms with Crippen LogP contribution in [0.15, 0.2) is 0 Å². The van der Waals surface area contributed by atoms with E-state index in [0.29, 0.717) is 13.2 Å². The molecule has 0 saturated heterocycles. The quantitative estimate of drug-likeness (QED) is 0.399. The Bertz CT molecular complexity index is 293. The third kappa shape index (κ3) is 13.6. The zero-order valence-electron chi connectivity index (χ0n) is 16.6. The monoisotopic (exact) mass is 398 g/mol. The lowest BCUT2D eigenvalue weighted by Crippen LogP contribution is -2.60. The van der Waals surface area contributed by atoms with Crippen molar-refractivity contribution in [3.05, 3.63) is 0 Å². The lowest BCUT2D eigenvalue weighted by atomic mass is 10.5. The van der Waals surface area contributed by atoms with E-state index in [1.54, 1.807) is 0 Å². The van der Waals surface area contributed by atoms with Crippen LogP contribution in [0.1, 0.15) is 6.42 Å². The highest BCUT2D eigenvalue weighted by atomic mass is 28.5. The summed E-state index contributed by atoms with van der Waals surface area (Å²) in [6, 6.07) is 0.789. The van der Waals surface area contributed by atoms with Crippen molar-refractivity contribution in [2.45, 2.75) is 71.4 Å². The van der Waals surface area contributed by atoms with Crippen LogP contribution in [-0.4, -0.2) is 58.7 Å². The molecule has 0 aromatic rings. The van der Waals surface area contributed by atoms with Gasteiger partial charge in [-0.25, -0.2) is 0 Å². The van der Waals surface area contributed by atoms with Gasteiger partial charge in [-0.15, -0.1) is 0 Å². The number of rotatable bonds is 12. The predicted octanol–water partition coefficient (Wildman–Crippen LogP) is 3.88. The first kappa shape index (κ1) is 23.7. The van der Waals surface area contributed by atoms with Crippen molar-refractivity contribution < 1.29 is 22.2 Å². The highest BCUT2D eigenvalue weighted by Gasteiger charge is 2.49. The van der Waals surface area contributed by atoms with E-state index in [0.717, 1.165) is 12.5 Å². The fourth-order valence-corrected chi connectivity index (χ4v) is 16.8. The van der Waals surface area contributed by atoms with Gasteiger partial charge in [-0.05, 0) is 65.3 Å². The molecule has 5 nitrogen and oxygen atoms in total. The minimum atomic E-state index is -2.72. The maximum Gasteiger partial charge on any atom is 0.469 e. The second kappa shape index (κ2) is 9.39. The van der Waals surface area contributed by atoms with Crippen LogP contribution in [0.4, 0.5) is 0 Å². The first-order chi connectivity index (χ1) is 10.2. The molecule has 0 saturated carbocycles. The molecule has 0 unspecified atom stereocenters. The number of aliphatic hydroxyl groups is 1. The fourth-order valence-electron chi connectivity index (χ4n) is 2.17. The normalized spacial score (nSPS) is 14.3. The van der Waals surface area contributed by atoms with Crippen molar-refractivity contribution in [3.63, 3.8) is 0 Å². The molecule has 0 rings (SSSR count). The average Bonchev–Trinajstić information content (AvgIpc) is 2.20. The minimum absolute atomic E-state index is 0.0603. The number of hydrogen-bond acceptors (Lipinski definition) is 5. The molecule has 9 heteroatoms. The lowest BCUT2D eigenvalue weighted by molar-refractivity contribution is 0.0908. The molecule has 0 aliphatic carbocycles. The molecule has 0 aromatic carbocycles. The maximum atomic E-state index is 8.81. The lowest BCUT2D eigenvalue weighted by Gasteiger charge is -2.42. The summed E-state index contributed by atoms with van der Waals surface area (Å²) in [6.45, 7) is 20.8. The van der Waals surface area contributed by atoms with Crippen LogP contribution >= 0.6 is 0 Å². The van der Waals surface area contributed by atoms with Gasteiger partial charge in [-0.1, -0.05) is 0 Å². The van der Waals surface area contributed by atoms with Gasteiger partial charge in [0, 0.05) is 12.7 Å². The molecule has 0 amide bonds. The zero-order chi connectivity index (χ0) is 18.4. The molecular weight excluding hydrogens is 360 g/mol. The van der Waals surface area contributed by atoms with Crippen molar-refractivity contribution in [2.75, 3.05) is 19.8 Å². The van der Waals surface area contributed by atoms with Crippen molar-refractivity contribution in [3.8, 4) is 0 Å². The Kier molecular flexibility index (Phi) is 9.66. The second-order valence-electron chi connectivity index (χ2n) is 8.77. The molecule has 140 valence electrons. The summed E-state index contributed by atoms with van der Waals surface area (Å²) < 4.78 is 25.2. The van der Waals surface area contributed by atoms with Gasteiger partial charge < -0.3 is 22.2 Å². The number of aliphatic hydroxyl groups excluding tert-OH is 1. The van der Waals surface area contributed by atoms with Gasteiger partial charge in [0.2, 0.25) is 0 Å². The smallest absolute Gasteiger partial charge is 0.417 e. The standard InChI is InChI=1S/C14H38O5Si4/c1-20(2,3)17-23(18-21(4,5)6,19-22(7,8)9)14-10-12-16-13-11-15/h15H,10-14H2,1-9H3. The Morgan fingerprint density at radius 3 is 1.35 bits per heavy atom. The van der Waals surface area contributed by atoms with Crippen molar-refractivity contribution in [2.24, 2.45) is 0 Å². The van der Waals surface area contributed by atoms with Gasteiger partial charge >= 0.3 is 8.80 Å². The topological polar surface area (TPSA) is 57.2 Å². The van der Waals surface area contributed by atoms with Gasteiger partial charge in [-0.3, -0.25) is 0 Å². The van der Waals surface area contributed by atoms with Crippen molar-refractivity contribution in [1.82, 2.24) is 0 Å². The van der Waals surface area contributed by atoms with Gasteiger partial charge in [0.1, 0.15) is 0 Å². The van der Waals surface area contributed by atoms with Crippen LogP contribution < -0.4 is 0 Å². The average molecular weight is 399 g/mol. The molecule has 0 spiro atoms. The van der Waals surface area contributed by atoms with Gasteiger partial charge in [0.25, 0.3) is 0 Å². The SMILES string of the molecule is C[Si](C)(C)O[Si](CCCOCCO)(O[Si](C)(C)C)O[Si](C)(C)C. The second-order valence-corrected chi connectivity index (χ2v) is 25.8. The molecule has 0 bridgehead atoms. The van der Waals surface area contributed by atoms with E-state index in [1.165, 1.54) is 0 Å². The number of hydrogen-bond donors (Lipinski definition) is 1. The Hall–Kier alpha value is 0.668. The molecule has 0 radical (unpaired) electrons. The van der Waals surface area contributed by atoms with Crippen LogP contribution in [0.3, 0.4) is 0 Å². The fraction of sp³-hybridized carbons (Fsp3) is 1.00. The third-order valence-corrected chi connectivity index (χ3v) is 14.4. The third-order valence-electron chi connectivity index (χ3n) is 2.39. The summed E-state index contributed by atoms with van der Waals surface area (Å²) >= 11 is 0. The van der Waals surface area contributed by atoms with E-state index in [2.05, 4.69) is 58.9 Å². The Morgan fingerprint density at radius 1 is 0.652 bits per heavy atom. The predicted molar refractivity (Wildman–Crippen MR) is 106 cm³/mol. The molecule has 0 fully saturated rings. The highest BCUT2D eigenvalue weighted by Crippen LogP contribution is 2.29. The summed E-state index contributed by atoms with van der Waals surface area (Å²) in [5.74, 6) is 0. The summed E-state index contributed by atoms with van der Waals surface area (Å²) in [4.78, 5) is 0. The summed E-state index contributed by atoms with van der Waals surface area (Å²) in [5, 5.41) is 8.81. The molecule has 0 heterocycles. The molecule has 0 aliphatic rings. The first-order valence-corrected chi connectivity index (χ1v) is 20.6. The van der Waals surface area contributed by atoms with Crippen LogP contribution in [0, 0.1) is 0 Å². The molecule has 0 aliphatic heterocycles. The van der Waals surface area contributed by atoms with Crippen LogP contribution in [0.25, 0.3) is 0 Å². The first-order valence-electron chi connectivity index (χ1n) is 8.47. The van der Waals surface area contributed by atoms with Gasteiger partial charge in [0.05, 0.1) is 13.2 Å². The molecule has 0 atom stereocenters. The van der Waals surface area contributed by atoms with E-state index in [-0.39, 0.29) is 6.61 Å². The molecule has 0 aromatic heterocycles. The van der Waals surface area contributed by atoms with E-state index in [9.17, 15) is 0 Å². The van der Waals surface area contributed by atoms with Gasteiger partial charge in [-0.2, -0.15) is 0 Å². The Morgan fingerprint density at radius 2 is 1.04 bits per heavy atom. The van der Waals surface area contributed by atoms with Crippen LogP contribution in [0.5, 0.6) is 0 Å². The summed E-state index contributed by atoms with van der Waals surface area (Å²) in [6.07, 6.45) is 0.839. The van der Waals surface area contributed by atoms with E-state index >= 15 is 0 Å². The zero-order valence-corrected chi connectivity index (χ0v) is 20.6. The van der Waals surface area contributed by atoms with Crippen LogP contribution in [0.2, 0.25) is 65.0 Å². The van der Waals surface area contributed by atoms with Crippen LogP contribution in [-0.2, 0) is 17.1 Å². The summed E-state index contributed by atoms with van der Waals surface area (Å²) in [5.41, 5.74) is 0. The van der Waals surface area contributed by atoms with Crippen molar-refractivity contribution in [1.29, 1.82) is 0 Å². The van der Waals surface area contributed by atoms with Gasteiger partial charge in [0.15, 0.2) is 25.0 Å². The molecular formula is C14H38O5Si4.